The van der Waals surface area contributed by atoms with Crippen molar-refractivity contribution < 1.29 is 9.78 Å². The van der Waals surface area contributed by atoms with E-state index in [2.05, 4.69) is 71.7 Å². The van der Waals surface area contributed by atoms with Crippen molar-refractivity contribution in [3.8, 4) is 11.5 Å². The molecule has 1 aliphatic heterocycles. The number of nitrogens with zero attached hydrogens (tertiary/aromatic N) is 1. The number of fused-ring (bicyclic) bond motifs is 1. The van der Waals surface area contributed by atoms with Crippen LogP contribution in [0.1, 0.15) is 16.5 Å². The highest BCUT2D eigenvalue weighted by Crippen LogP contribution is 2.46. The highest BCUT2D eigenvalue weighted by molar-refractivity contribution is 8.00. The van der Waals surface area contributed by atoms with E-state index in [1.165, 1.54) is 21.7 Å². The minimum absolute atomic E-state index is 0.191. The first-order valence-corrected chi connectivity index (χ1v) is 13.1. The number of anilines is 4. The summed E-state index contributed by atoms with van der Waals surface area (Å²) < 4.78 is 0. The van der Waals surface area contributed by atoms with E-state index in [0.29, 0.717) is 11.5 Å². The monoisotopic (exact) mass is 502 g/mol. The number of hydrogen-bond acceptors (Lipinski definition) is 5. The van der Waals surface area contributed by atoms with Gasteiger partial charge in [-0.3, -0.25) is 9.78 Å². The third kappa shape index (κ3) is 5.13. The van der Waals surface area contributed by atoms with Gasteiger partial charge in [0, 0.05) is 27.6 Å². The molecular weight excluding hydrogens is 476 g/mol. The molecule has 6 rings (SSSR count). The summed E-state index contributed by atoms with van der Waals surface area (Å²) in [6.45, 7) is 2.12. The molecule has 0 fully saturated rings. The van der Waals surface area contributed by atoms with Gasteiger partial charge in [-0.25, -0.2) is 0 Å². The molecule has 0 spiro atoms. The van der Waals surface area contributed by atoms with Crippen LogP contribution in [0.4, 0.5) is 22.7 Å². The van der Waals surface area contributed by atoms with Gasteiger partial charge < -0.3 is 10.2 Å². The third-order valence-corrected chi connectivity index (χ3v) is 7.43. The van der Waals surface area contributed by atoms with Gasteiger partial charge >= 0.3 is 0 Å². The highest BCUT2D eigenvalue weighted by Gasteiger charge is 2.22. The van der Waals surface area contributed by atoms with Crippen LogP contribution in [-0.2, 0) is 0 Å². The number of thioether (sulfide) groups is 1. The van der Waals surface area contributed by atoms with E-state index in [0.717, 1.165) is 17.1 Å². The molecule has 5 heteroatoms. The number of nitrogens with one attached hydrogen (secondary N) is 1. The standard InChI is InChI=1S/C32H26N2O2S/c1-23-12-21-30-31(22-23)37-32(33-30)24-13-17-28(18-14-24)35-36-29-19-15-27(16-20-29)34(25-8-4-2-5-9-25)26-10-6-3-7-11-26/h2-22,32-33H,1H3. The Bertz CT molecular complexity index is 1430. The van der Waals surface area contributed by atoms with E-state index in [9.17, 15) is 0 Å². The van der Waals surface area contributed by atoms with Crippen molar-refractivity contribution in [3.63, 3.8) is 0 Å². The zero-order valence-corrected chi connectivity index (χ0v) is 21.2. The molecule has 0 saturated heterocycles. The second kappa shape index (κ2) is 10.3. The normalized spacial score (nSPS) is 13.9. The van der Waals surface area contributed by atoms with E-state index in [-0.39, 0.29) is 5.37 Å². The summed E-state index contributed by atoms with van der Waals surface area (Å²) in [4.78, 5) is 14.7. The number of aryl methyl sites for hydroxylation is 1. The molecule has 1 heterocycles. The van der Waals surface area contributed by atoms with Crippen LogP contribution in [0.15, 0.2) is 132 Å². The maximum absolute atomic E-state index is 5.63. The van der Waals surface area contributed by atoms with Gasteiger partial charge in [0.15, 0.2) is 11.5 Å². The summed E-state index contributed by atoms with van der Waals surface area (Å²) in [5, 5.41) is 3.77. The Hall–Kier alpha value is -4.35. The quantitative estimate of drug-likeness (QED) is 0.177. The van der Waals surface area contributed by atoms with Crippen molar-refractivity contribution >= 4 is 34.5 Å². The molecule has 0 radical (unpaired) electrons. The van der Waals surface area contributed by atoms with Crippen LogP contribution in [0.25, 0.3) is 0 Å². The predicted octanol–water partition coefficient (Wildman–Crippen LogP) is 9.05. The summed E-state index contributed by atoms with van der Waals surface area (Å²) in [6, 6.07) is 43.1. The second-order valence-electron chi connectivity index (χ2n) is 8.88. The van der Waals surface area contributed by atoms with E-state index in [4.69, 9.17) is 9.78 Å². The Kier molecular flexibility index (Phi) is 6.44. The number of para-hydroxylation sites is 2. The molecule has 0 saturated carbocycles. The number of hydrogen-bond donors (Lipinski definition) is 1. The average molecular weight is 503 g/mol. The van der Waals surface area contributed by atoms with Gasteiger partial charge in [-0.2, -0.15) is 0 Å². The summed E-state index contributed by atoms with van der Waals surface area (Å²) in [6.07, 6.45) is 0. The van der Waals surface area contributed by atoms with Crippen molar-refractivity contribution in [1.29, 1.82) is 0 Å². The lowest BCUT2D eigenvalue weighted by molar-refractivity contribution is -0.0999. The van der Waals surface area contributed by atoms with Gasteiger partial charge in [0.1, 0.15) is 5.37 Å². The van der Waals surface area contributed by atoms with Gasteiger partial charge in [-0.05, 0) is 90.8 Å². The first kappa shape index (κ1) is 23.1. The van der Waals surface area contributed by atoms with E-state index in [1.54, 1.807) is 0 Å². The Morgan fingerprint density at radius 3 is 1.76 bits per heavy atom. The zero-order valence-electron chi connectivity index (χ0n) is 20.4. The lowest BCUT2D eigenvalue weighted by Gasteiger charge is -2.25. The molecular formula is C32H26N2O2S. The number of benzene rings is 5. The van der Waals surface area contributed by atoms with Crippen molar-refractivity contribution in [1.82, 2.24) is 0 Å². The van der Waals surface area contributed by atoms with E-state index in [1.807, 2.05) is 84.6 Å². The van der Waals surface area contributed by atoms with Crippen LogP contribution in [0.3, 0.4) is 0 Å². The summed E-state index contributed by atoms with van der Waals surface area (Å²) in [5.74, 6) is 1.28. The summed E-state index contributed by atoms with van der Waals surface area (Å²) in [5.41, 5.74) is 6.87. The molecule has 5 aromatic rings. The van der Waals surface area contributed by atoms with Crippen molar-refractivity contribution in [3.05, 3.63) is 139 Å². The van der Waals surface area contributed by atoms with Gasteiger partial charge in [0.2, 0.25) is 0 Å². The Morgan fingerprint density at radius 2 is 1.16 bits per heavy atom. The van der Waals surface area contributed by atoms with Gasteiger partial charge in [0.05, 0.1) is 0 Å². The topological polar surface area (TPSA) is 33.7 Å². The van der Waals surface area contributed by atoms with Crippen LogP contribution in [0.2, 0.25) is 0 Å². The summed E-state index contributed by atoms with van der Waals surface area (Å²) in [7, 11) is 0. The van der Waals surface area contributed by atoms with Crippen LogP contribution >= 0.6 is 11.8 Å². The van der Waals surface area contributed by atoms with Crippen molar-refractivity contribution in [2.75, 3.05) is 10.2 Å². The second-order valence-corrected chi connectivity index (χ2v) is 10.0. The van der Waals surface area contributed by atoms with Gasteiger partial charge in [-0.1, -0.05) is 66.4 Å². The SMILES string of the molecule is Cc1ccc2c(c1)SC(c1ccc(OOc3ccc(N(c4ccccc4)c4ccccc4)cc3)cc1)N2. The zero-order chi connectivity index (χ0) is 25.0. The molecule has 37 heavy (non-hydrogen) atoms. The maximum Gasteiger partial charge on any atom is 0.178 e. The summed E-state index contributed by atoms with van der Waals surface area (Å²) >= 11 is 1.83. The molecule has 0 bridgehead atoms. The molecule has 1 unspecified atom stereocenters. The number of rotatable bonds is 7. The molecule has 0 aromatic heterocycles. The minimum atomic E-state index is 0.191. The van der Waals surface area contributed by atoms with Crippen LogP contribution in [0.5, 0.6) is 11.5 Å². The molecule has 1 N–H and O–H groups in total. The Morgan fingerprint density at radius 1 is 0.622 bits per heavy atom. The average Bonchev–Trinajstić information content (AvgIpc) is 3.37. The molecule has 182 valence electrons. The van der Waals surface area contributed by atoms with Crippen LogP contribution in [-0.4, -0.2) is 0 Å². The fraction of sp³-hybridized carbons (Fsp3) is 0.0625. The van der Waals surface area contributed by atoms with Gasteiger partial charge in [-0.15, -0.1) is 0 Å². The first-order chi connectivity index (χ1) is 18.2. The fourth-order valence-electron chi connectivity index (χ4n) is 4.34. The smallest absolute Gasteiger partial charge is 0.178 e. The fourth-order valence-corrected chi connectivity index (χ4v) is 5.58. The maximum atomic E-state index is 5.63. The first-order valence-electron chi connectivity index (χ1n) is 12.2. The molecule has 5 aromatic carbocycles. The molecule has 1 atom stereocenters. The van der Waals surface area contributed by atoms with Crippen LogP contribution < -0.4 is 20.0 Å². The Balaban J connectivity index is 1.12. The molecule has 0 amide bonds. The van der Waals surface area contributed by atoms with E-state index >= 15 is 0 Å². The minimum Gasteiger partial charge on any atom is -0.368 e. The van der Waals surface area contributed by atoms with Gasteiger partial charge in [0.25, 0.3) is 0 Å². The van der Waals surface area contributed by atoms with Crippen molar-refractivity contribution in [2.24, 2.45) is 0 Å². The Labute approximate surface area is 221 Å². The third-order valence-electron chi connectivity index (χ3n) is 6.21. The van der Waals surface area contributed by atoms with E-state index < -0.39 is 0 Å². The van der Waals surface area contributed by atoms with Crippen LogP contribution in [0, 0.1) is 6.92 Å². The molecule has 1 aliphatic rings. The molecule has 0 aliphatic carbocycles. The largest absolute Gasteiger partial charge is 0.368 e. The lowest BCUT2D eigenvalue weighted by Crippen LogP contribution is -2.09. The molecule has 4 nitrogen and oxygen atoms in total. The van der Waals surface area contributed by atoms with Crippen molar-refractivity contribution in [2.45, 2.75) is 17.2 Å². The predicted molar refractivity (Wildman–Crippen MR) is 152 cm³/mol. The lowest BCUT2D eigenvalue weighted by atomic mass is 10.2. The highest BCUT2D eigenvalue weighted by atomic mass is 32.2.